The molecule has 0 bridgehead atoms. The van der Waals surface area contributed by atoms with E-state index in [4.69, 9.17) is 17.3 Å². The second-order valence-electron chi connectivity index (χ2n) is 7.26. The number of urea groups is 1. The van der Waals surface area contributed by atoms with Crippen molar-refractivity contribution >= 4 is 28.7 Å². The molecule has 0 saturated heterocycles. The summed E-state index contributed by atoms with van der Waals surface area (Å²) in [6, 6.07) is 17.9. The quantitative estimate of drug-likeness (QED) is 0.500. The van der Waals surface area contributed by atoms with Gasteiger partial charge in [0.1, 0.15) is 5.65 Å². The predicted molar refractivity (Wildman–Crippen MR) is 115 cm³/mol. The van der Waals surface area contributed by atoms with Crippen LogP contribution in [-0.4, -0.2) is 27.4 Å². The SMILES string of the molecule is NC(=O)N1CCc2cc(-c3ccccc3)ccc2C1c1c[nH]c2ncc(Cl)cc12. The highest BCUT2D eigenvalue weighted by molar-refractivity contribution is 6.31. The van der Waals surface area contributed by atoms with Gasteiger partial charge >= 0.3 is 6.03 Å². The number of hydrogen-bond acceptors (Lipinski definition) is 2. The lowest BCUT2D eigenvalue weighted by Gasteiger charge is -2.36. The van der Waals surface area contributed by atoms with Gasteiger partial charge in [0.15, 0.2) is 0 Å². The Kier molecular flexibility index (Phi) is 4.25. The van der Waals surface area contributed by atoms with Crippen LogP contribution in [0.15, 0.2) is 67.0 Å². The summed E-state index contributed by atoms with van der Waals surface area (Å²) in [4.78, 5) is 21.5. The van der Waals surface area contributed by atoms with Crippen molar-refractivity contribution in [3.63, 3.8) is 0 Å². The van der Waals surface area contributed by atoms with Crippen molar-refractivity contribution in [2.24, 2.45) is 5.73 Å². The molecule has 6 heteroatoms. The Morgan fingerprint density at radius 2 is 1.93 bits per heavy atom. The molecule has 0 radical (unpaired) electrons. The minimum Gasteiger partial charge on any atom is -0.351 e. The first-order valence-electron chi connectivity index (χ1n) is 9.48. The molecule has 29 heavy (non-hydrogen) atoms. The fourth-order valence-electron chi connectivity index (χ4n) is 4.23. The lowest BCUT2D eigenvalue weighted by molar-refractivity contribution is 0.190. The molecular formula is C23H19ClN4O. The highest BCUT2D eigenvalue weighted by Gasteiger charge is 2.33. The molecule has 2 amide bonds. The first-order chi connectivity index (χ1) is 14.1. The number of pyridine rings is 1. The molecule has 0 saturated carbocycles. The molecule has 3 heterocycles. The van der Waals surface area contributed by atoms with Gasteiger partial charge in [-0.25, -0.2) is 9.78 Å². The van der Waals surface area contributed by atoms with E-state index in [-0.39, 0.29) is 6.04 Å². The number of primary amides is 1. The van der Waals surface area contributed by atoms with E-state index < -0.39 is 6.03 Å². The maximum atomic E-state index is 12.3. The first kappa shape index (κ1) is 17.8. The number of aromatic amines is 1. The van der Waals surface area contributed by atoms with Crippen molar-refractivity contribution in [2.45, 2.75) is 12.5 Å². The summed E-state index contributed by atoms with van der Waals surface area (Å²) in [6.07, 6.45) is 4.27. The molecule has 5 nitrogen and oxygen atoms in total. The van der Waals surface area contributed by atoms with Gasteiger partial charge in [-0.2, -0.15) is 0 Å². The molecule has 0 aliphatic carbocycles. The number of fused-ring (bicyclic) bond motifs is 2. The maximum absolute atomic E-state index is 12.3. The molecule has 4 aromatic rings. The topological polar surface area (TPSA) is 75.0 Å². The molecule has 3 N–H and O–H groups in total. The fraction of sp³-hybridized carbons (Fsp3) is 0.130. The molecule has 1 unspecified atom stereocenters. The smallest absolute Gasteiger partial charge is 0.315 e. The summed E-state index contributed by atoms with van der Waals surface area (Å²) in [6.45, 7) is 0.561. The number of nitrogens with one attached hydrogen (secondary N) is 1. The average molecular weight is 403 g/mol. The molecular weight excluding hydrogens is 384 g/mol. The molecule has 144 valence electrons. The fourth-order valence-corrected chi connectivity index (χ4v) is 4.39. The van der Waals surface area contributed by atoms with Gasteiger partial charge in [-0.1, -0.05) is 60.1 Å². The summed E-state index contributed by atoms with van der Waals surface area (Å²) >= 11 is 6.19. The zero-order valence-corrected chi connectivity index (χ0v) is 16.4. The lowest BCUT2D eigenvalue weighted by atomic mass is 9.86. The Morgan fingerprint density at radius 1 is 1.10 bits per heavy atom. The molecule has 2 aromatic heterocycles. The van der Waals surface area contributed by atoms with Crippen molar-refractivity contribution < 1.29 is 4.79 Å². The van der Waals surface area contributed by atoms with E-state index in [2.05, 4.69) is 40.3 Å². The third-order valence-electron chi connectivity index (χ3n) is 5.59. The third-order valence-corrected chi connectivity index (χ3v) is 5.79. The van der Waals surface area contributed by atoms with Crippen LogP contribution in [0.2, 0.25) is 5.02 Å². The number of benzene rings is 2. The summed E-state index contributed by atoms with van der Waals surface area (Å²) in [7, 11) is 0. The van der Waals surface area contributed by atoms with Crippen LogP contribution in [-0.2, 0) is 6.42 Å². The first-order valence-corrected chi connectivity index (χ1v) is 9.86. The molecule has 2 aromatic carbocycles. The Labute approximate surface area is 173 Å². The molecule has 1 atom stereocenters. The van der Waals surface area contributed by atoms with Crippen molar-refractivity contribution in [3.8, 4) is 11.1 Å². The Morgan fingerprint density at radius 3 is 2.72 bits per heavy atom. The van der Waals surface area contributed by atoms with Crippen LogP contribution in [0.4, 0.5) is 4.79 Å². The Balaban J connectivity index is 1.67. The molecule has 1 aliphatic heterocycles. The Hall–Kier alpha value is -3.31. The number of halogens is 1. The standard InChI is InChI=1S/C23H19ClN4O/c24-17-11-19-20(13-27-22(19)26-12-17)21-18-7-6-15(14-4-2-1-3-5-14)10-16(18)8-9-28(21)23(25)29/h1-7,10-13,21H,8-9H2,(H2,25,29)(H,26,27). The molecule has 1 aliphatic rings. The summed E-state index contributed by atoms with van der Waals surface area (Å²) in [5, 5.41) is 1.45. The van der Waals surface area contributed by atoms with E-state index >= 15 is 0 Å². The van der Waals surface area contributed by atoms with E-state index in [0.29, 0.717) is 11.6 Å². The monoisotopic (exact) mass is 402 g/mol. The number of hydrogen-bond donors (Lipinski definition) is 2. The lowest BCUT2D eigenvalue weighted by Crippen LogP contribution is -2.43. The van der Waals surface area contributed by atoms with Crippen LogP contribution in [0.3, 0.4) is 0 Å². The number of rotatable bonds is 2. The van der Waals surface area contributed by atoms with Gasteiger partial charge in [-0.05, 0) is 34.7 Å². The number of H-pyrrole nitrogens is 1. The highest BCUT2D eigenvalue weighted by Crippen LogP contribution is 2.39. The highest BCUT2D eigenvalue weighted by atomic mass is 35.5. The Bertz CT molecular complexity index is 1220. The molecule has 0 fully saturated rings. The number of carbonyl (C=O) groups is 1. The number of amides is 2. The molecule has 5 rings (SSSR count). The summed E-state index contributed by atoms with van der Waals surface area (Å²) < 4.78 is 0. The second kappa shape index (κ2) is 6.94. The van der Waals surface area contributed by atoms with Crippen molar-refractivity contribution in [2.75, 3.05) is 6.54 Å². The van der Waals surface area contributed by atoms with E-state index in [0.717, 1.165) is 28.6 Å². The number of nitrogens with two attached hydrogens (primary N) is 1. The van der Waals surface area contributed by atoms with Gasteiger partial charge in [-0.3, -0.25) is 0 Å². The number of nitrogens with zero attached hydrogens (tertiary/aromatic N) is 2. The molecule has 0 spiro atoms. The zero-order valence-electron chi connectivity index (χ0n) is 15.6. The summed E-state index contributed by atoms with van der Waals surface area (Å²) in [5.74, 6) is 0. The van der Waals surface area contributed by atoms with E-state index in [9.17, 15) is 4.79 Å². The maximum Gasteiger partial charge on any atom is 0.315 e. The minimum absolute atomic E-state index is 0.282. The second-order valence-corrected chi connectivity index (χ2v) is 7.69. The van der Waals surface area contributed by atoms with E-state index in [1.165, 1.54) is 16.7 Å². The van der Waals surface area contributed by atoms with Crippen LogP contribution in [0, 0.1) is 0 Å². The van der Waals surface area contributed by atoms with Crippen LogP contribution < -0.4 is 5.73 Å². The van der Waals surface area contributed by atoms with Crippen molar-refractivity contribution in [3.05, 3.63) is 88.7 Å². The average Bonchev–Trinajstić information content (AvgIpc) is 3.15. The van der Waals surface area contributed by atoms with Crippen molar-refractivity contribution in [1.29, 1.82) is 0 Å². The van der Waals surface area contributed by atoms with Gasteiger partial charge in [0.25, 0.3) is 0 Å². The van der Waals surface area contributed by atoms with Gasteiger partial charge in [0.05, 0.1) is 11.1 Å². The van der Waals surface area contributed by atoms with Crippen LogP contribution >= 0.6 is 11.6 Å². The van der Waals surface area contributed by atoms with Gasteiger partial charge in [0, 0.05) is 29.9 Å². The largest absolute Gasteiger partial charge is 0.351 e. The summed E-state index contributed by atoms with van der Waals surface area (Å²) in [5.41, 5.74) is 12.1. The third kappa shape index (κ3) is 3.04. The van der Waals surface area contributed by atoms with E-state index in [1.807, 2.05) is 30.5 Å². The zero-order chi connectivity index (χ0) is 20.0. The van der Waals surface area contributed by atoms with E-state index in [1.54, 1.807) is 11.1 Å². The predicted octanol–water partition coefficient (Wildman–Crippen LogP) is 4.91. The van der Waals surface area contributed by atoms with Crippen molar-refractivity contribution in [1.82, 2.24) is 14.9 Å². The normalized spacial score (nSPS) is 16.0. The van der Waals surface area contributed by atoms with Gasteiger partial charge < -0.3 is 15.6 Å². The number of carbonyl (C=O) groups excluding carboxylic acids is 1. The number of aromatic nitrogens is 2. The minimum atomic E-state index is -0.433. The van der Waals surface area contributed by atoms with Gasteiger partial charge in [0.2, 0.25) is 0 Å². The van der Waals surface area contributed by atoms with Crippen LogP contribution in [0.1, 0.15) is 22.7 Å². The van der Waals surface area contributed by atoms with Gasteiger partial charge in [-0.15, -0.1) is 0 Å². The van der Waals surface area contributed by atoms with Crippen LogP contribution in [0.25, 0.3) is 22.2 Å². The van der Waals surface area contributed by atoms with Crippen LogP contribution in [0.5, 0.6) is 0 Å².